The molecule has 0 aliphatic heterocycles. The van der Waals surface area contributed by atoms with E-state index < -0.39 is 75.9 Å². The molecule has 6 atom stereocenters. The summed E-state index contributed by atoms with van der Waals surface area (Å²) in [6, 6.07) is 0.225. The summed E-state index contributed by atoms with van der Waals surface area (Å²) >= 11 is 0. The van der Waals surface area contributed by atoms with E-state index in [4.69, 9.17) is 5.73 Å². The number of fused-ring (bicyclic) bond motifs is 3. The minimum Gasteiger partial charge on any atom is -0.507 e. The number of hydrogen-bond donors (Lipinski definition) is 4. The molecule has 0 heterocycles. The second-order valence-electron chi connectivity index (χ2n) is 11.7. The zero-order chi connectivity index (χ0) is 28.4. The molecule has 3 saturated carbocycles. The molecule has 1 amide bonds. The summed E-state index contributed by atoms with van der Waals surface area (Å²) < 4.78 is 15.8. The van der Waals surface area contributed by atoms with Crippen molar-refractivity contribution in [3.05, 3.63) is 28.6 Å². The second-order valence-corrected chi connectivity index (χ2v) is 11.7. The minimum atomic E-state index is -2.80. The van der Waals surface area contributed by atoms with Crippen LogP contribution in [0.2, 0.25) is 0 Å². The van der Waals surface area contributed by atoms with Crippen molar-refractivity contribution in [3.8, 4) is 5.75 Å². The zero-order valence-electron chi connectivity index (χ0n) is 22.0. The topological polar surface area (TPSA) is 167 Å². The number of phenols is 1. The molecule has 1 aromatic rings. The molecule has 5 rings (SSSR count). The number of nitrogens with two attached hydrogens (primary N) is 1. The molecule has 0 radical (unpaired) electrons. The van der Waals surface area contributed by atoms with Crippen molar-refractivity contribution < 1.29 is 38.6 Å². The number of rotatable bonds is 5. The number of halogens is 1. The van der Waals surface area contributed by atoms with Crippen molar-refractivity contribution in [3.63, 3.8) is 0 Å². The van der Waals surface area contributed by atoms with Gasteiger partial charge in [0.1, 0.15) is 11.6 Å². The maximum atomic E-state index is 15.8. The lowest BCUT2D eigenvalue weighted by molar-refractivity contribution is -0.181. The van der Waals surface area contributed by atoms with Gasteiger partial charge in [-0.3, -0.25) is 28.9 Å². The van der Waals surface area contributed by atoms with Crippen LogP contribution in [0, 0.1) is 29.5 Å². The van der Waals surface area contributed by atoms with Gasteiger partial charge in [-0.05, 0) is 51.8 Å². The number of amides is 1. The Kier molecular flexibility index (Phi) is 6.97. The van der Waals surface area contributed by atoms with E-state index in [0.717, 1.165) is 25.7 Å². The van der Waals surface area contributed by atoms with Gasteiger partial charge >= 0.3 is 0 Å². The summed E-state index contributed by atoms with van der Waals surface area (Å²) in [5.41, 5.74) is 2.38. The van der Waals surface area contributed by atoms with Gasteiger partial charge in [0, 0.05) is 29.6 Å². The van der Waals surface area contributed by atoms with Crippen LogP contribution in [0.25, 0.3) is 0 Å². The van der Waals surface area contributed by atoms with E-state index >= 15 is 4.39 Å². The first-order valence-corrected chi connectivity index (χ1v) is 13.5. The largest absolute Gasteiger partial charge is 0.507 e. The molecular formula is C28H34FN3O7. The lowest BCUT2D eigenvalue weighted by atomic mass is 9.52. The van der Waals surface area contributed by atoms with Gasteiger partial charge in [-0.2, -0.15) is 0 Å². The number of likely N-dealkylation sites (N-methyl/N-ethyl adjacent to an activating group) is 1. The van der Waals surface area contributed by atoms with Gasteiger partial charge in [-0.1, -0.05) is 19.3 Å². The van der Waals surface area contributed by atoms with Gasteiger partial charge in [-0.15, -0.1) is 0 Å². The number of phenolic OH excluding ortho intramolecular Hbond substituents is 1. The van der Waals surface area contributed by atoms with E-state index in [1.165, 1.54) is 31.5 Å². The van der Waals surface area contributed by atoms with Crippen molar-refractivity contribution in [2.45, 2.75) is 69.2 Å². The van der Waals surface area contributed by atoms with Crippen LogP contribution in [0.1, 0.15) is 60.0 Å². The van der Waals surface area contributed by atoms with Gasteiger partial charge in [0.2, 0.25) is 5.91 Å². The average molecular weight is 544 g/mol. The van der Waals surface area contributed by atoms with Crippen molar-refractivity contribution in [2.75, 3.05) is 14.1 Å². The summed E-state index contributed by atoms with van der Waals surface area (Å²) in [7, 11) is 3.02. The Balaban J connectivity index is 1.52. The number of nitrogens with one attached hydrogen (secondary N) is 1. The number of hydrogen-bond acceptors (Lipinski definition) is 9. The first-order chi connectivity index (χ1) is 18.4. The maximum absolute atomic E-state index is 15.8. The lowest BCUT2D eigenvalue weighted by Gasteiger charge is -2.52. The Hall–Kier alpha value is -3.02. The molecule has 0 aromatic heterocycles. The molecule has 5 N–H and O–H groups in total. The molecular weight excluding hydrogens is 509 g/mol. The molecule has 3 fully saturated rings. The van der Waals surface area contributed by atoms with E-state index in [0.29, 0.717) is 0 Å². The highest BCUT2D eigenvalue weighted by Gasteiger charge is 2.69. The lowest BCUT2D eigenvalue weighted by Crippen LogP contribution is -2.74. The molecule has 2 unspecified atom stereocenters. The number of nitrogens with zero attached hydrogens (tertiary/aromatic N) is 1. The van der Waals surface area contributed by atoms with Gasteiger partial charge in [0.05, 0.1) is 17.5 Å². The molecule has 4 aliphatic carbocycles. The third-order valence-corrected chi connectivity index (χ3v) is 9.26. The van der Waals surface area contributed by atoms with Crippen LogP contribution in [0.15, 0.2) is 6.07 Å². The first-order valence-electron chi connectivity index (χ1n) is 13.5. The van der Waals surface area contributed by atoms with Crippen LogP contribution in [0.4, 0.5) is 4.39 Å². The van der Waals surface area contributed by atoms with E-state index in [1.807, 2.05) is 0 Å². The van der Waals surface area contributed by atoms with Crippen LogP contribution in [0.5, 0.6) is 5.75 Å². The number of aromatic hydroxyl groups is 1. The first kappa shape index (κ1) is 27.5. The summed E-state index contributed by atoms with van der Waals surface area (Å²) in [6.45, 7) is 0.168. The smallest absolute Gasteiger partial charge is 0.235 e. The Morgan fingerprint density at radius 3 is 2.44 bits per heavy atom. The quantitative estimate of drug-likeness (QED) is 0.385. The fourth-order valence-electron chi connectivity index (χ4n) is 7.40. The normalized spacial score (nSPS) is 33.1. The Morgan fingerprint density at radius 2 is 1.82 bits per heavy atom. The average Bonchev–Trinajstić information content (AvgIpc) is 2.87. The molecule has 0 spiro atoms. The number of carbonyl (C=O) groups is 5. The molecule has 39 heavy (non-hydrogen) atoms. The van der Waals surface area contributed by atoms with E-state index in [2.05, 4.69) is 5.32 Å². The van der Waals surface area contributed by atoms with Crippen LogP contribution in [0.3, 0.4) is 0 Å². The summed E-state index contributed by atoms with van der Waals surface area (Å²) in [4.78, 5) is 67.2. The monoisotopic (exact) mass is 543 g/mol. The number of aliphatic hydroxyl groups is 1. The highest BCUT2D eigenvalue weighted by molar-refractivity contribution is 6.32. The van der Waals surface area contributed by atoms with Crippen molar-refractivity contribution in [2.24, 2.45) is 29.4 Å². The number of benzene rings is 1. The highest BCUT2D eigenvalue weighted by Crippen LogP contribution is 2.51. The van der Waals surface area contributed by atoms with E-state index in [9.17, 15) is 34.2 Å². The Labute approximate surface area is 225 Å². The van der Waals surface area contributed by atoms with Crippen LogP contribution >= 0.6 is 0 Å². The van der Waals surface area contributed by atoms with Gasteiger partial charge in [0.15, 0.2) is 34.7 Å². The van der Waals surface area contributed by atoms with E-state index in [1.54, 1.807) is 0 Å². The predicted octanol–water partition coefficient (Wildman–Crippen LogP) is 0.428. The third kappa shape index (κ3) is 4.13. The molecule has 4 aliphatic rings. The maximum Gasteiger partial charge on any atom is 0.235 e. The third-order valence-electron chi connectivity index (χ3n) is 9.26. The highest BCUT2D eigenvalue weighted by atomic mass is 19.1. The zero-order valence-corrected chi connectivity index (χ0v) is 22.0. The summed E-state index contributed by atoms with van der Waals surface area (Å²) in [5, 5.41) is 25.7. The summed E-state index contributed by atoms with van der Waals surface area (Å²) in [6.07, 6.45) is 5.10. The number of primary amides is 1. The molecule has 1 aromatic carbocycles. The van der Waals surface area contributed by atoms with Crippen molar-refractivity contribution in [1.29, 1.82) is 0 Å². The van der Waals surface area contributed by atoms with Gasteiger partial charge in [0.25, 0.3) is 0 Å². The van der Waals surface area contributed by atoms with Crippen LogP contribution in [-0.4, -0.2) is 75.9 Å². The van der Waals surface area contributed by atoms with Gasteiger partial charge in [-0.25, -0.2) is 4.39 Å². The van der Waals surface area contributed by atoms with Gasteiger partial charge < -0.3 is 21.3 Å². The Bertz CT molecular complexity index is 1270. The summed E-state index contributed by atoms with van der Waals surface area (Å²) in [5.74, 6) is -12.2. The molecule has 0 bridgehead atoms. The fraction of sp³-hybridized carbons (Fsp3) is 0.607. The van der Waals surface area contributed by atoms with Crippen molar-refractivity contribution >= 4 is 29.0 Å². The Morgan fingerprint density at radius 1 is 1.15 bits per heavy atom. The van der Waals surface area contributed by atoms with Crippen molar-refractivity contribution in [1.82, 2.24) is 10.2 Å². The second kappa shape index (κ2) is 9.87. The molecule has 210 valence electrons. The minimum absolute atomic E-state index is 0.00943. The SMILES string of the molecule is CN(C)[C@@H]1C(=O)C(C(N)=O)C(=O)[C@@]2(O)C(=O)C3C(=O)c4c(O)cc(CNC5CCCCC5)c(F)c4C[C@H]3C[C@@H]12. The number of ketones is 4. The predicted molar refractivity (Wildman–Crippen MR) is 135 cm³/mol. The van der Waals surface area contributed by atoms with Crippen LogP contribution in [-0.2, 0) is 32.1 Å². The van der Waals surface area contributed by atoms with E-state index in [-0.39, 0.29) is 42.1 Å². The molecule has 0 saturated heterocycles. The molecule has 10 nitrogen and oxygen atoms in total. The van der Waals surface area contributed by atoms with Crippen LogP contribution < -0.4 is 11.1 Å². The fourth-order valence-corrected chi connectivity index (χ4v) is 7.40. The number of carbonyl (C=O) groups excluding carboxylic acids is 5. The molecule has 11 heteroatoms. The number of Topliss-reactive ketones (excluding diaryl/α,β-unsaturated/α-hetero) is 4. The standard InChI is InChI=1S/C28H34FN3O7/c1-32(2)22-16-9-12-8-15-19(17(33)10-13(21(15)29)11-31-14-6-4-3-5-7-14)23(34)18(12)25(36)28(16,39)26(37)20(24(22)35)27(30)38/h10,12,14,16,18,20,22,31,33,39H,3-9,11H2,1-2H3,(H2,30,38)/t12-,16-,18?,20?,22-,28-/m0/s1.